The number of hydrogen-bond acceptors (Lipinski definition) is 3. The van der Waals surface area contributed by atoms with Crippen molar-refractivity contribution < 1.29 is 14.6 Å². The van der Waals surface area contributed by atoms with Crippen LogP contribution in [-0.4, -0.2) is 12.7 Å². The first kappa shape index (κ1) is 7.27. The maximum Gasteiger partial charge on any atom is 0.348 e. The molecule has 1 atom stereocenters. The molecule has 0 fully saturated rings. The van der Waals surface area contributed by atoms with Crippen molar-refractivity contribution >= 4 is 11.7 Å². The topological polar surface area (TPSA) is 53.8 Å². The van der Waals surface area contributed by atoms with Crippen molar-refractivity contribution in [3.8, 4) is 0 Å². The van der Waals surface area contributed by atoms with Crippen molar-refractivity contribution in [2.24, 2.45) is 0 Å². The number of esters is 1. The maximum absolute atomic E-state index is 11.2. The summed E-state index contributed by atoms with van der Waals surface area (Å²) in [6.45, 7) is -0.129. The Labute approximate surface area is 68.9 Å². The van der Waals surface area contributed by atoms with E-state index < -0.39 is 5.97 Å². The molecule has 1 N–H and O–H groups in total. The number of benzene rings is 1. The van der Waals surface area contributed by atoms with Crippen LogP contribution in [0.1, 0.15) is 10.4 Å². The standard InChI is InChI=1S/C8H7NO3/c10-8-6-3-1-2-4-7(6)9(11)5-12-8/h1-4,9H,5H2. The smallest absolute Gasteiger partial charge is 0.348 e. The molecule has 12 heavy (non-hydrogen) atoms. The lowest BCUT2D eigenvalue weighted by molar-refractivity contribution is -0.801. The second-order valence-electron chi connectivity index (χ2n) is 2.54. The fourth-order valence-corrected chi connectivity index (χ4v) is 1.19. The van der Waals surface area contributed by atoms with E-state index in [1.165, 1.54) is 0 Å². The lowest BCUT2D eigenvalue weighted by Gasteiger charge is -2.26. The number of rotatable bonds is 0. The summed E-state index contributed by atoms with van der Waals surface area (Å²) >= 11 is 0. The van der Waals surface area contributed by atoms with E-state index in [0.29, 0.717) is 11.3 Å². The van der Waals surface area contributed by atoms with E-state index in [1.54, 1.807) is 24.3 Å². The first-order valence-corrected chi connectivity index (χ1v) is 3.58. The number of ether oxygens (including phenoxy) is 1. The van der Waals surface area contributed by atoms with E-state index in [4.69, 9.17) is 0 Å². The van der Waals surface area contributed by atoms with Crippen LogP contribution in [-0.2, 0) is 4.74 Å². The molecule has 2 rings (SSSR count). The summed E-state index contributed by atoms with van der Waals surface area (Å²) in [4.78, 5) is 11.1. The van der Waals surface area contributed by atoms with Crippen LogP contribution in [0.5, 0.6) is 0 Å². The van der Waals surface area contributed by atoms with Gasteiger partial charge >= 0.3 is 5.97 Å². The van der Waals surface area contributed by atoms with E-state index in [9.17, 15) is 10.0 Å². The predicted molar refractivity (Wildman–Crippen MR) is 40.7 cm³/mol. The van der Waals surface area contributed by atoms with Crippen LogP contribution >= 0.6 is 0 Å². The van der Waals surface area contributed by atoms with E-state index >= 15 is 0 Å². The number of quaternary nitrogens is 1. The van der Waals surface area contributed by atoms with Crippen LogP contribution in [0.25, 0.3) is 0 Å². The van der Waals surface area contributed by atoms with Crippen LogP contribution in [0.2, 0.25) is 0 Å². The maximum atomic E-state index is 11.2. The van der Waals surface area contributed by atoms with Gasteiger partial charge in [0.15, 0.2) is 0 Å². The lowest BCUT2D eigenvalue weighted by atomic mass is 10.1. The Morgan fingerprint density at radius 2 is 2.17 bits per heavy atom. The van der Waals surface area contributed by atoms with Gasteiger partial charge in [-0.2, -0.15) is 0 Å². The minimum atomic E-state index is -0.412. The van der Waals surface area contributed by atoms with Gasteiger partial charge in [-0.15, -0.1) is 0 Å². The fourth-order valence-electron chi connectivity index (χ4n) is 1.19. The summed E-state index contributed by atoms with van der Waals surface area (Å²) in [5.41, 5.74) is 0.836. The van der Waals surface area contributed by atoms with Gasteiger partial charge in [-0.25, -0.2) is 4.79 Å². The molecule has 4 nitrogen and oxygen atoms in total. The summed E-state index contributed by atoms with van der Waals surface area (Å²) in [6, 6.07) is 6.67. The lowest BCUT2D eigenvalue weighted by Crippen LogP contribution is -3.03. The summed E-state index contributed by atoms with van der Waals surface area (Å²) in [6.07, 6.45) is 0. The predicted octanol–water partition coefficient (Wildman–Crippen LogP) is -0.171. The fraction of sp³-hybridized carbons (Fsp3) is 0.125. The summed E-state index contributed by atoms with van der Waals surface area (Å²) < 4.78 is 4.63. The van der Waals surface area contributed by atoms with Crippen molar-refractivity contribution in [3.63, 3.8) is 0 Å². The molecule has 0 saturated heterocycles. The molecule has 4 heteroatoms. The Kier molecular flexibility index (Phi) is 1.56. The number of nitrogens with one attached hydrogen (secondary N) is 1. The molecule has 0 amide bonds. The minimum Gasteiger partial charge on any atom is -0.626 e. The third kappa shape index (κ3) is 0.975. The molecule has 0 spiro atoms. The van der Waals surface area contributed by atoms with Crippen LogP contribution in [0.15, 0.2) is 24.3 Å². The number of cyclic esters (lactones) is 1. The second-order valence-corrected chi connectivity index (χ2v) is 2.54. The Balaban J connectivity index is 2.55. The van der Waals surface area contributed by atoms with Crippen LogP contribution in [0.3, 0.4) is 0 Å². The normalized spacial score (nSPS) is 21.4. The minimum absolute atomic E-state index is 0.129. The average Bonchev–Trinajstić information content (AvgIpc) is 2.12. The summed E-state index contributed by atoms with van der Waals surface area (Å²) in [5, 5.41) is 11.0. The SMILES string of the molecule is O=C1OC[NH+]([O-])c2ccccc21. The van der Waals surface area contributed by atoms with Gasteiger partial charge in [-0.1, -0.05) is 12.1 Å². The van der Waals surface area contributed by atoms with Crippen LogP contribution in [0.4, 0.5) is 5.69 Å². The number of carbonyl (C=O) groups is 1. The number of para-hydroxylation sites is 1. The molecule has 62 valence electrons. The van der Waals surface area contributed by atoms with Gasteiger partial charge < -0.3 is 15.0 Å². The van der Waals surface area contributed by atoms with Crippen molar-refractivity contribution in [2.75, 3.05) is 6.73 Å². The van der Waals surface area contributed by atoms with E-state index in [-0.39, 0.29) is 11.8 Å². The van der Waals surface area contributed by atoms with Gasteiger partial charge in [-0.05, 0) is 6.07 Å². The van der Waals surface area contributed by atoms with E-state index in [0.717, 1.165) is 0 Å². The molecule has 1 heterocycles. The van der Waals surface area contributed by atoms with Gasteiger partial charge in [0.2, 0.25) is 6.73 Å². The first-order chi connectivity index (χ1) is 5.79. The van der Waals surface area contributed by atoms with Crippen molar-refractivity contribution in [1.82, 2.24) is 0 Å². The third-order valence-electron chi connectivity index (χ3n) is 1.78. The number of hydroxylamine groups is 1. The zero-order valence-corrected chi connectivity index (χ0v) is 6.24. The quantitative estimate of drug-likeness (QED) is 0.429. The molecule has 1 unspecified atom stereocenters. The molecule has 0 bridgehead atoms. The molecular weight excluding hydrogens is 158 g/mol. The molecule has 1 aromatic rings. The zero-order chi connectivity index (χ0) is 8.55. The van der Waals surface area contributed by atoms with Crippen molar-refractivity contribution in [1.29, 1.82) is 0 Å². The highest BCUT2D eigenvalue weighted by Crippen LogP contribution is 2.13. The Morgan fingerprint density at radius 3 is 2.92 bits per heavy atom. The summed E-state index contributed by atoms with van der Waals surface area (Å²) in [7, 11) is 0. The van der Waals surface area contributed by atoms with E-state index in [2.05, 4.69) is 4.74 Å². The number of fused-ring (bicyclic) bond motifs is 1. The molecule has 0 aliphatic carbocycles. The average molecular weight is 165 g/mol. The second kappa shape index (κ2) is 2.58. The Morgan fingerprint density at radius 1 is 1.42 bits per heavy atom. The summed E-state index contributed by atoms with van der Waals surface area (Å²) in [5.74, 6) is -0.412. The molecule has 0 saturated carbocycles. The molecule has 1 aliphatic heterocycles. The zero-order valence-electron chi connectivity index (χ0n) is 6.24. The highest BCUT2D eigenvalue weighted by atomic mass is 16.6. The van der Waals surface area contributed by atoms with Gasteiger partial charge in [0.05, 0.1) is 0 Å². The molecule has 1 aromatic carbocycles. The largest absolute Gasteiger partial charge is 0.626 e. The molecule has 0 radical (unpaired) electrons. The first-order valence-electron chi connectivity index (χ1n) is 3.58. The third-order valence-corrected chi connectivity index (χ3v) is 1.78. The molecule has 0 aromatic heterocycles. The molecular formula is C8H7NO3. The van der Waals surface area contributed by atoms with Crippen molar-refractivity contribution in [2.45, 2.75) is 0 Å². The van der Waals surface area contributed by atoms with Crippen LogP contribution in [0, 0.1) is 5.21 Å². The van der Waals surface area contributed by atoms with Crippen molar-refractivity contribution in [3.05, 3.63) is 35.0 Å². The number of hydrogen-bond donors (Lipinski definition) is 1. The van der Waals surface area contributed by atoms with Crippen LogP contribution < -0.4 is 5.06 Å². The number of carbonyl (C=O) groups excluding carboxylic acids is 1. The Hall–Kier alpha value is -1.39. The highest BCUT2D eigenvalue weighted by molar-refractivity contribution is 5.94. The van der Waals surface area contributed by atoms with Gasteiger partial charge in [0.25, 0.3) is 0 Å². The van der Waals surface area contributed by atoms with E-state index in [1.807, 2.05) is 0 Å². The molecule has 1 aliphatic rings. The monoisotopic (exact) mass is 165 g/mol. The van der Waals surface area contributed by atoms with Gasteiger partial charge in [-0.3, -0.25) is 0 Å². The Bertz CT molecular complexity index is 324. The van der Waals surface area contributed by atoms with Gasteiger partial charge in [0.1, 0.15) is 11.3 Å². The van der Waals surface area contributed by atoms with Gasteiger partial charge in [0, 0.05) is 6.07 Å². The highest BCUT2D eigenvalue weighted by Gasteiger charge is 2.23.